The number of carbonyl (C=O) groups excluding carboxylic acids is 3. The van der Waals surface area contributed by atoms with Crippen LogP contribution in [0.3, 0.4) is 0 Å². The molecule has 2 atom stereocenters. The number of rotatable bonds is 12. The summed E-state index contributed by atoms with van der Waals surface area (Å²) < 4.78 is 56.1. The van der Waals surface area contributed by atoms with E-state index in [1.54, 1.807) is 6.92 Å². The van der Waals surface area contributed by atoms with Gasteiger partial charge in [0.15, 0.2) is 5.96 Å². The normalized spacial score (nSPS) is 15.3. The summed E-state index contributed by atoms with van der Waals surface area (Å²) in [6.07, 6.45) is -5.13. The van der Waals surface area contributed by atoms with Crippen LogP contribution in [0, 0.1) is 6.92 Å². The van der Waals surface area contributed by atoms with Crippen molar-refractivity contribution >= 4 is 41.5 Å². The number of hydrogen-bond acceptors (Lipinski definition) is 7. The maximum atomic E-state index is 13.6. The number of hydrogen-bond donors (Lipinski definition) is 3. The fourth-order valence-electron chi connectivity index (χ4n) is 3.58. The molecule has 0 aromatic heterocycles. The van der Waals surface area contributed by atoms with Crippen LogP contribution in [0.1, 0.15) is 43.7 Å². The molecule has 1 heterocycles. The molecular weight excluding hydrogens is 533 g/mol. The Morgan fingerprint density at radius 2 is 1.82 bits per heavy atom. The van der Waals surface area contributed by atoms with E-state index in [1.807, 2.05) is 0 Å². The number of benzene rings is 1. The number of ether oxygens (including phenoxy) is 3. The number of nitrogens with zero attached hydrogens (tertiary/aromatic N) is 1. The Hall–Kier alpha value is -3.48. The van der Waals surface area contributed by atoms with Gasteiger partial charge in [0.05, 0.1) is 18.8 Å². The van der Waals surface area contributed by atoms with Gasteiger partial charge in [-0.05, 0) is 56.4 Å². The number of halogens is 4. The smallest absolute Gasteiger partial charge is 0.430 e. The first-order valence-electron chi connectivity index (χ1n) is 11.7. The van der Waals surface area contributed by atoms with Crippen molar-refractivity contribution in [2.75, 3.05) is 19.8 Å². The number of alkyl halides is 3. The highest BCUT2D eigenvalue weighted by molar-refractivity contribution is 6.30. The van der Waals surface area contributed by atoms with Crippen molar-refractivity contribution in [3.05, 3.63) is 33.9 Å². The molecule has 38 heavy (non-hydrogen) atoms. The Labute approximate surface area is 222 Å². The molecule has 1 unspecified atom stereocenters. The minimum absolute atomic E-state index is 0.0103. The lowest BCUT2D eigenvalue weighted by molar-refractivity contribution is -0.188. The summed E-state index contributed by atoms with van der Waals surface area (Å²) in [5.41, 5.74) is 10.4. The number of nitrogens with one attached hydrogen (secondary N) is 1. The predicted molar refractivity (Wildman–Crippen MR) is 133 cm³/mol. The lowest BCUT2D eigenvalue weighted by Crippen LogP contribution is -2.41. The molecule has 1 aliphatic heterocycles. The van der Waals surface area contributed by atoms with E-state index in [2.05, 4.69) is 10.3 Å². The summed E-state index contributed by atoms with van der Waals surface area (Å²) in [6, 6.07) is 1.97. The summed E-state index contributed by atoms with van der Waals surface area (Å²) in [6.45, 7) is 2.81. The van der Waals surface area contributed by atoms with Crippen molar-refractivity contribution in [1.29, 1.82) is 0 Å². The van der Waals surface area contributed by atoms with Gasteiger partial charge >= 0.3 is 18.1 Å². The third kappa shape index (κ3) is 9.43. The second-order valence-electron chi connectivity index (χ2n) is 8.49. The van der Waals surface area contributed by atoms with E-state index in [0.717, 1.165) is 6.08 Å². The van der Waals surface area contributed by atoms with Crippen molar-refractivity contribution in [3.8, 4) is 5.75 Å². The summed E-state index contributed by atoms with van der Waals surface area (Å²) >= 11 is 5.98. The van der Waals surface area contributed by atoms with E-state index in [-0.39, 0.29) is 61.3 Å². The molecule has 1 aliphatic rings. The van der Waals surface area contributed by atoms with Crippen molar-refractivity contribution in [2.45, 2.75) is 57.9 Å². The van der Waals surface area contributed by atoms with Crippen molar-refractivity contribution < 1.29 is 41.8 Å². The minimum atomic E-state index is -4.85. The van der Waals surface area contributed by atoms with E-state index in [9.17, 15) is 27.6 Å². The highest BCUT2D eigenvalue weighted by Gasteiger charge is 2.49. The van der Waals surface area contributed by atoms with Gasteiger partial charge in [-0.1, -0.05) is 11.6 Å². The van der Waals surface area contributed by atoms with Crippen molar-refractivity contribution in [3.63, 3.8) is 0 Å². The SMILES string of the molecule is CC(=O)N[C@@H](CCCN=C(N)N)C(=O)OCCCCOC(=O)C1=Cc2cc(Cl)cc(C)c2OC1C(F)(F)F. The van der Waals surface area contributed by atoms with Gasteiger partial charge in [0.2, 0.25) is 12.0 Å². The number of fused-ring (bicyclic) bond motifs is 1. The van der Waals surface area contributed by atoms with E-state index in [4.69, 9.17) is 37.3 Å². The van der Waals surface area contributed by atoms with E-state index < -0.39 is 41.7 Å². The van der Waals surface area contributed by atoms with Gasteiger partial charge < -0.3 is 31.0 Å². The second kappa shape index (κ2) is 13.9. The van der Waals surface area contributed by atoms with Gasteiger partial charge in [0.1, 0.15) is 11.8 Å². The first-order valence-corrected chi connectivity index (χ1v) is 12.1. The zero-order valence-electron chi connectivity index (χ0n) is 20.9. The van der Waals surface area contributed by atoms with Gasteiger partial charge in [-0.3, -0.25) is 9.79 Å². The number of aryl methyl sites for hydroxylation is 1. The molecular formula is C24H30ClF3N4O6. The van der Waals surface area contributed by atoms with E-state index in [0.29, 0.717) is 12.0 Å². The summed E-state index contributed by atoms with van der Waals surface area (Å²) in [5, 5.41) is 2.77. The van der Waals surface area contributed by atoms with Crippen LogP contribution in [0.15, 0.2) is 22.7 Å². The number of aliphatic imine (C=N–C) groups is 1. The number of unbranched alkanes of at least 4 members (excludes halogenated alkanes) is 1. The van der Waals surface area contributed by atoms with Gasteiger partial charge in [0.25, 0.3) is 0 Å². The zero-order valence-corrected chi connectivity index (χ0v) is 21.7. The molecule has 1 aromatic rings. The molecule has 2 rings (SSSR count). The average molecular weight is 563 g/mol. The number of carbonyl (C=O) groups is 3. The fraction of sp³-hybridized carbons (Fsp3) is 0.500. The van der Waals surface area contributed by atoms with Crippen LogP contribution >= 0.6 is 11.6 Å². The number of esters is 2. The van der Waals surface area contributed by atoms with Crippen LogP contribution in [-0.2, 0) is 23.9 Å². The van der Waals surface area contributed by atoms with Crippen LogP contribution in [0.25, 0.3) is 6.08 Å². The molecule has 0 aliphatic carbocycles. The predicted octanol–water partition coefficient (Wildman–Crippen LogP) is 2.78. The Bertz CT molecular complexity index is 1090. The fourth-order valence-corrected chi connectivity index (χ4v) is 3.86. The Morgan fingerprint density at radius 3 is 2.42 bits per heavy atom. The minimum Gasteiger partial charge on any atom is -0.475 e. The second-order valence-corrected chi connectivity index (χ2v) is 8.93. The zero-order chi connectivity index (χ0) is 28.5. The van der Waals surface area contributed by atoms with Crippen LogP contribution < -0.4 is 21.5 Å². The maximum Gasteiger partial charge on any atom is 0.430 e. The Morgan fingerprint density at radius 1 is 1.16 bits per heavy atom. The molecule has 210 valence electrons. The number of guanidine groups is 1. The first-order chi connectivity index (χ1) is 17.8. The van der Waals surface area contributed by atoms with E-state index >= 15 is 0 Å². The van der Waals surface area contributed by atoms with Crippen LogP contribution in [-0.4, -0.2) is 61.9 Å². The van der Waals surface area contributed by atoms with Gasteiger partial charge in [-0.25, -0.2) is 9.59 Å². The molecule has 0 bridgehead atoms. The Balaban J connectivity index is 1.87. The molecule has 0 saturated heterocycles. The molecule has 1 amide bonds. The van der Waals surface area contributed by atoms with Crippen molar-refractivity contribution in [2.24, 2.45) is 16.5 Å². The average Bonchev–Trinajstić information content (AvgIpc) is 2.81. The molecule has 0 radical (unpaired) electrons. The maximum absolute atomic E-state index is 13.6. The first kappa shape index (κ1) is 30.7. The van der Waals surface area contributed by atoms with Crippen LogP contribution in [0.4, 0.5) is 13.2 Å². The quantitative estimate of drug-likeness (QED) is 0.152. The lowest BCUT2D eigenvalue weighted by Gasteiger charge is -2.29. The van der Waals surface area contributed by atoms with Gasteiger partial charge in [0, 0.05) is 24.1 Å². The highest BCUT2D eigenvalue weighted by atomic mass is 35.5. The summed E-state index contributed by atoms with van der Waals surface area (Å²) in [7, 11) is 0. The molecule has 0 spiro atoms. The standard InChI is InChI=1S/C24H30ClF3N4O6/c1-13-10-16(25)11-15-12-17(20(24(26,27)28)38-19(13)15)21(34)36-8-3-4-9-37-22(35)18(32-14(2)33)6-5-7-31-23(29)30/h10-12,18,20H,3-9H2,1-2H3,(H,32,33)(H4,29,30,31)/t18-,20?/m0/s1. The summed E-state index contributed by atoms with van der Waals surface area (Å²) in [4.78, 5) is 39.9. The highest BCUT2D eigenvalue weighted by Crippen LogP contribution is 2.40. The van der Waals surface area contributed by atoms with Crippen LogP contribution in [0.2, 0.25) is 5.02 Å². The number of amides is 1. The third-order valence-electron chi connectivity index (χ3n) is 5.25. The van der Waals surface area contributed by atoms with Crippen molar-refractivity contribution in [1.82, 2.24) is 5.32 Å². The van der Waals surface area contributed by atoms with E-state index in [1.165, 1.54) is 19.1 Å². The topological polar surface area (TPSA) is 155 Å². The van der Waals surface area contributed by atoms with Gasteiger partial charge in [-0.2, -0.15) is 13.2 Å². The monoisotopic (exact) mass is 562 g/mol. The number of nitrogens with two attached hydrogens (primary N) is 2. The largest absolute Gasteiger partial charge is 0.475 e. The molecule has 0 saturated carbocycles. The third-order valence-corrected chi connectivity index (χ3v) is 5.47. The molecule has 1 aromatic carbocycles. The lowest BCUT2D eigenvalue weighted by atomic mass is 9.99. The molecule has 10 nitrogen and oxygen atoms in total. The molecule has 5 N–H and O–H groups in total. The molecule has 0 fully saturated rings. The van der Waals surface area contributed by atoms with Gasteiger partial charge in [-0.15, -0.1) is 0 Å². The Kier molecular flexibility index (Phi) is 11.2. The summed E-state index contributed by atoms with van der Waals surface area (Å²) in [5.74, 6) is -2.36. The van der Waals surface area contributed by atoms with Crippen LogP contribution in [0.5, 0.6) is 5.75 Å². The molecule has 14 heteroatoms.